The molecule has 116 valence electrons. The smallest absolute Gasteiger partial charge is 0.264 e. The Kier molecular flexibility index (Phi) is 5.25. The fourth-order valence-corrected chi connectivity index (χ4v) is 3.90. The molecule has 5 nitrogen and oxygen atoms in total. The van der Waals surface area contributed by atoms with Gasteiger partial charge >= 0.3 is 0 Å². The quantitative estimate of drug-likeness (QED) is 0.765. The van der Waals surface area contributed by atoms with E-state index >= 15 is 0 Å². The van der Waals surface area contributed by atoms with E-state index in [0.29, 0.717) is 10.2 Å². The van der Waals surface area contributed by atoms with Crippen molar-refractivity contribution < 1.29 is 13.2 Å². The first kappa shape index (κ1) is 17.0. The molecule has 0 bridgehead atoms. The standard InChI is InChI=1S/C14H12Br2N2O3S/c15-10-4-6-13(7-5-10)22(20,21)18(9-14(17)19)12-3-1-2-11(16)8-12/h1-8H,9H2,(H2,17,19). The number of nitrogens with two attached hydrogens (primary N) is 1. The van der Waals surface area contributed by atoms with Crippen molar-refractivity contribution in [3.63, 3.8) is 0 Å². The van der Waals surface area contributed by atoms with Gasteiger partial charge < -0.3 is 5.73 Å². The number of halogens is 2. The van der Waals surface area contributed by atoms with Crippen LogP contribution in [0.1, 0.15) is 0 Å². The Labute approximate surface area is 145 Å². The molecule has 0 aliphatic heterocycles. The lowest BCUT2D eigenvalue weighted by Crippen LogP contribution is -2.38. The number of amides is 1. The first-order valence-electron chi connectivity index (χ1n) is 6.13. The molecular formula is C14H12Br2N2O3S. The number of sulfonamides is 1. The van der Waals surface area contributed by atoms with Crippen LogP contribution in [0.2, 0.25) is 0 Å². The summed E-state index contributed by atoms with van der Waals surface area (Å²) >= 11 is 6.54. The van der Waals surface area contributed by atoms with Gasteiger partial charge in [-0.2, -0.15) is 0 Å². The van der Waals surface area contributed by atoms with Gasteiger partial charge in [0.05, 0.1) is 10.6 Å². The van der Waals surface area contributed by atoms with E-state index < -0.39 is 22.5 Å². The van der Waals surface area contributed by atoms with Crippen molar-refractivity contribution in [3.8, 4) is 0 Å². The van der Waals surface area contributed by atoms with Crippen LogP contribution in [-0.2, 0) is 14.8 Å². The monoisotopic (exact) mass is 446 g/mol. The second-order valence-corrected chi connectivity index (χ2v) is 8.11. The van der Waals surface area contributed by atoms with Crippen LogP contribution in [-0.4, -0.2) is 20.9 Å². The summed E-state index contributed by atoms with van der Waals surface area (Å²) in [5, 5.41) is 0. The van der Waals surface area contributed by atoms with Crippen LogP contribution in [0.4, 0.5) is 5.69 Å². The lowest BCUT2D eigenvalue weighted by atomic mass is 10.3. The molecule has 0 spiro atoms. The van der Waals surface area contributed by atoms with Gasteiger partial charge in [0.15, 0.2) is 0 Å². The molecule has 0 radical (unpaired) electrons. The van der Waals surface area contributed by atoms with E-state index in [0.717, 1.165) is 8.78 Å². The molecule has 2 N–H and O–H groups in total. The van der Waals surface area contributed by atoms with Crippen molar-refractivity contribution in [2.75, 3.05) is 10.8 Å². The molecule has 2 rings (SSSR count). The molecule has 0 aromatic heterocycles. The summed E-state index contributed by atoms with van der Waals surface area (Å²) in [6.07, 6.45) is 0. The fraction of sp³-hybridized carbons (Fsp3) is 0.0714. The summed E-state index contributed by atoms with van der Waals surface area (Å²) in [6, 6.07) is 12.8. The van der Waals surface area contributed by atoms with Crippen LogP contribution in [0.25, 0.3) is 0 Å². The third-order valence-corrected chi connectivity index (χ3v) is 5.61. The number of carbonyl (C=O) groups is 1. The van der Waals surface area contributed by atoms with Crippen molar-refractivity contribution in [1.29, 1.82) is 0 Å². The number of benzene rings is 2. The minimum atomic E-state index is -3.89. The number of carbonyl (C=O) groups excluding carboxylic acids is 1. The highest BCUT2D eigenvalue weighted by atomic mass is 79.9. The summed E-state index contributed by atoms with van der Waals surface area (Å²) in [4.78, 5) is 11.4. The molecule has 0 fully saturated rings. The molecule has 0 aliphatic rings. The molecule has 0 heterocycles. The lowest BCUT2D eigenvalue weighted by molar-refractivity contribution is -0.116. The van der Waals surface area contributed by atoms with Gasteiger partial charge in [0.2, 0.25) is 5.91 Å². The van der Waals surface area contributed by atoms with E-state index in [-0.39, 0.29) is 4.90 Å². The second kappa shape index (κ2) is 6.80. The third kappa shape index (κ3) is 3.88. The predicted octanol–water partition coefficient (Wildman–Crippen LogP) is 2.89. The molecule has 0 unspecified atom stereocenters. The molecule has 0 saturated carbocycles. The van der Waals surface area contributed by atoms with Gasteiger partial charge in [-0.15, -0.1) is 0 Å². The van der Waals surface area contributed by atoms with Crippen LogP contribution in [0.3, 0.4) is 0 Å². The maximum absolute atomic E-state index is 12.8. The number of nitrogens with zero attached hydrogens (tertiary/aromatic N) is 1. The molecule has 0 atom stereocenters. The first-order valence-corrected chi connectivity index (χ1v) is 9.15. The zero-order chi connectivity index (χ0) is 16.3. The minimum Gasteiger partial charge on any atom is -0.368 e. The Balaban J connectivity index is 2.53. The largest absolute Gasteiger partial charge is 0.368 e. The van der Waals surface area contributed by atoms with Crippen molar-refractivity contribution in [2.45, 2.75) is 4.90 Å². The molecule has 0 aliphatic carbocycles. The van der Waals surface area contributed by atoms with Gasteiger partial charge in [-0.1, -0.05) is 37.9 Å². The zero-order valence-corrected chi connectivity index (χ0v) is 15.2. The number of primary amides is 1. The number of rotatable bonds is 5. The third-order valence-electron chi connectivity index (χ3n) is 2.80. The van der Waals surface area contributed by atoms with Crippen LogP contribution in [0, 0.1) is 0 Å². The Morgan fingerprint density at radius 3 is 2.23 bits per heavy atom. The number of hydrogen-bond donors (Lipinski definition) is 1. The van der Waals surface area contributed by atoms with Gasteiger partial charge in [-0.3, -0.25) is 9.10 Å². The Morgan fingerprint density at radius 1 is 1.05 bits per heavy atom. The maximum atomic E-state index is 12.8. The summed E-state index contributed by atoms with van der Waals surface area (Å²) in [5.74, 6) is -0.735. The fourth-order valence-electron chi connectivity index (χ4n) is 1.82. The van der Waals surface area contributed by atoms with Crippen LogP contribution >= 0.6 is 31.9 Å². The zero-order valence-electron chi connectivity index (χ0n) is 11.2. The summed E-state index contributed by atoms with van der Waals surface area (Å²) < 4.78 is 28.0. The van der Waals surface area contributed by atoms with Gasteiger partial charge in [0, 0.05) is 8.95 Å². The van der Waals surface area contributed by atoms with Gasteiger partial charge in [-0.25, -0.2) is 8.42 Å². The first-order chi connectivity index (χ1) is 10.3. The highest BCUT2D eigenvalue weighted by Crippen LogP contribution is 2.26. The second-order valence-electron chi connectivity index (χ2n) is 4.41. The van der Waals surface area contributed by atoms with Crippen molar-refractivity contribution in [3.05, 3.63) is 57.5 Å². The van der Waals surface area contributed by atoms with E-state index in [1.54, 1.807) is 36.4 Å². The van der Waals surface area contributed by atoms with Gasteiger partial charge in [-0.05, 0) is 42.5 Å². The Morgan fingerprint density at radius 2 is 1.68 bits per heavy atom. The van der Waals surface area contributed by atoms with Gasteiger partial charge in [0.1, 0.15) is 6.54 Å². The molecule has 2 aromatic rings. The average Bonchev–Trinajstić information content (AvgIpc) is 2.45. The lowest BCUT2D eigenvalue weighted by Gasteiger charge is -2.23. The van der Waals surface area contributed by atoms with Crippen LogP contribution in [0.5, 0.6) is 0 Å². The van der Waals surface area contributed by atoms with E-state index in [1.165, 1.54) is 12.1 Å². The van der Waals surface area contributed by atoms with E-state index in [1.807, 2.05) is 0 Å². The topological polar surface area (TPSA) is 80.5 Å². The van der Waals surface area contributed by atoms with Crippen molar-refractivity contribution in [2.24, 2.45) is 5.73 Å². The normalized spacial score (nSPS) is 11.2. The highest BCUT2D eigenvalue weighted by Gasteiger charge is 2.26. The number of anilines is 1. The average molecular weight is 448 g/mol. The molecular weight excluding hydrogens is 436 g/mol. The maximum Gasteiger partial charge on any atom is 0.264 e. The van der Waals surface area contributed by atoms with E-state index in [4.69, 9.17) is 5.73 Å². The minimum absolute atomic E-state index is 0.0805. The SMILES string of the molecule is NC(=O)CN(c1cccc(Br)c1)S(=O)(=O)c1ccc(Br)cc1. The molecule has 8 heteroatoms. The molecule has 22 heavy (non-hydrogen) atoms. The highest BCUT2D eigenvalue weighted by molar-refractivity contribution is 9.10. The van der Waals surface area contributed by atoms with Crippen LogP contribution < -0.4 is 10.0 Å². The Bertz CT molecular complexity index is 792. The molecule has 1 amide bonds. The summed E-state index contributed by atoms with van der Waals surface area (Å²) in [6.45, 7) is -0.436. The molecule has 0 saturated heterocycles. The molecule has 2 aromatic carbocycles. The van der Waals surface area contributed by atoms with Crippen LogP contribution in [0.15, 0.2) is 62.4 Å². The summed E-state index contributed by atoms with van der Waals surface area (Å²) in [7, 11) is -3.89. The van der Waals surface area contributed by atoms with Crippen molar-refractivity contribution in [1.82, 2.24) is 0 Å². The predicted molar refractivity (Wildman–Crippen MR) is 92.0 cm³/mol. The van der Waals surface area contributed by atoms with Crippen molar-refractivity contribution >= 4 is 53.5 Å². The van der Waals surface area contributed by atoms with Gasteiger partial charge in [0.25, 0.3) is 10.0 Å². The van der Waals surface area contributed by atoms with E-state index in [9.17, 15) is 13.2 Å². The summed E-state index contributed by atoms with van der Waals surface area (Å²) in [5.41, 5.74) is 5.56. The number of hydrogen-bond acceptors (Lipinski definition) is 3. The van der Waals surface area contributed by atoms with E-state index in [2.05, 4.69) is 31.9 Å². The Hall–Kier alpha value is -1.38.